The highest BCUT2D eigenvalue weighted by Gasteiger charge is 2.28. The van der Waals surface area contributed by atoms with Gasteiger partial charge >= 0.3 is 5.97 Å². The number of nitrogens with zero attached hydrogens (tertiary/aromatic N) is 2. The van der Waals surface area contributed by atoms with Gasteiger partial charge in [-0.2, -0.15) is 0 Å². The van der Waals surface area contributed by atoms with Crippen LogP contribution in [-0.2, 0) is 24.2 Å². The Bertz CT molecular complexity index is 1390. The number of fused-ring (bicyclic) bond motifs is 2. The predicted molar refractivity (Wildman–Crippen MR) is 147 cm³/mol. The van der Waals surface area contributed by atoms with Gasteiger partial charge in [-0.3, -0.25) is 4.90 Å². The van der Waals surface area contributed by atoms with E-state index < -0.39 is 0 Å². The van der Waals surface area contributed by atoms with Crippen LogP contribution in [0.5, 0.6) is 5.75 Å². The average molecular weight is 499 g/mol. The zero-order valence-corrected chi connectivity index (χ0v) is 21.5. The molecule has 0 amide bonds. The molecule has 36 heavy (non-hydrogen) atoms. The van der Waals surface area contributed by atoms with E-state index in [1.165, 1.54) is 10.4 Å². The van der Waals surface area contributed by atoms with Gasteiger partial charge < -0.3 is 9.47 Å². The summed E-state index contributed by atoms with van der Waals surface area (Å²) in [4.78, 5) is 21.5. The number of carbonyl (C=O) groups excluding carboxylic acids is 1. The monoisotopic (exact) mass is 498 g/mol. The molecule has 0 bridgehead atoms. The van der Waals surface area contributed by atoms with E-state index in [4.69, 9.17) is 14.5 Å². The smallest absolute Gasteiger partial charge is 0.341 e. The van der Waals surface area contributed by atoms with E-state index in [9.17, 15) is 4.79 Å². The fourth-order valence-electron chi connectivity index (χ4n) is 4.74. The minimum Gasteiger partial charge on any atom is -0.493 e. The van der Waals surface area contributed by atoms with E-state index in [1.54, 1.807) is 11.3 Å². The molecule has 0 N–H and O–H groups in total. The maximum absolute atomic E-state index is 13.0. The number of aliphatic imine (C=N–C) groups is 1. The molecular formula is C30H30N2O3S. The zero-order chi connectivity index (χ0) is 24.9. The Morgan fingerprint density at radius 3 is 2.64 bits per heavy atom. The topological polar surface area (TPSA) is 51.1 Å². The second kappa shape index (κ2) is 11.1. The van der Waals surface area contributed by atoms with Gasteiger partial charge in [0.15, 0.2) is 0 Å². The summed E-state index contributed by atoms with van der Waals surface area (Å²) in [6.45, 7) is 7.30. The molecule has 0 spiro atoms. The van der Waals surface area contributed by atoms with Gasteiger partial charge in [-0.15, -0.1) is 11.3 Å². The van der Waals surface area contributed by atoms with E-state index in [0.717, 1.165) is 53.7 Å². The quantitative estimate of drug-likeness (QED) is 0.198. The van der Waals surface area contributed by atoms with Gasteiger partial charge in [0.05, 0.1) is 18.8 Å². The van der Waals surface area contributed by atoms with Crippen LogP contribution in [0.1, 0.15) is 45.8 Å². The Morgan fingerprint density at radius 1 is 1.03 bits per heavy atom. The molecule has 0 saturated carbocycles. The number of rotatable bonds is 8. The Hall–Kier alpha value is -3.48. The number of carbonyl (C=O) groups is 1. The lowest BCUT2D eigenvalue weighted by Gasteiger charge is -2.27. The van der Waals surface area contributed by atoms with Gasteiger partial charge in [0, 0.05) is 36.3 Å². The minimum absolute atomic E-state index is 0.290. The lowest BCUT2D eigenvalue weighted by atomic mass is 10.0. The lowest BCUT2D eigenvalue weighted by Crippen LogP contribution is -2.29. The highest BCUT2D eigenvalue weighted by atomic mass is 32.1. The van der Waals surface area contributed by atoms with Crippen LogP contribution in [0.3, 0.4) is 0 Å². The van der Waals surface area contributed by atoms with Crippen molar-refractivity contribution in [3.63, 3.8) is 0 Å². The molecule has 1 aromatic heterocycles. The normalized spacial score (nSPS) is 13.7. The molecule has 0 saturated heterocycles. The second-order valence-corrected chi connectivity index (χ2v) is 9.82. The third kappa shape index (κ3) is 5.06. The van der Waals surface area contributed by atoms with Crippen LogP contribution < -0.4 is 4.74 Å². The zero-order valence-electron chi connectivity index (χ0n) is 20.7. The summed E-state index contributed by atoms with van der Waals surface area (Å²) in [6, 6.07) is 22.8. The van der Waals surface area contributed by atoms with Gasteiger partial charge in [0.25, 0.3) is 0 Å². The van der Waals surface area contributed by atoms with E-state index in [0.29, 0.717) is 23.8 Å². The SMILES string of the molecule is CCOC(=O)c1c(N=Cc2c(OCC)ccc3ccccc23)sc2c1CCN(Cc1ccccc1)C2. The summed E-state index contributed by atoms with van der Waals surface area (Å²) in [5.41, 5.74) is 3.91. The summed E-state index contributed by atoms with van der Waals surface area (Å²) in [5.74, 6) is 0.495. The van der Waals surface area contributed by atoms with Crippen molar-refractivity contribution in [2.24, 2.45) is 4.99 Å². The van der Waals surface area contributed by atoms with Crippen molar-refractivity contribution in [1.29, 1.82) is 0 Å². The maximum Gasteiger partial charge on any atom is 0.341 e. The standard InChI is InChI=1S/C30H30N2O3S/c1-3-34-26-15-14-22-12-8-9-13-23(22)25(26)18-31-29-28(30(33)35-4-2)24-16-17-32(20-27(24)36-29)19-21-10-6-5-7-11-21/h5-15,18H,3-4,16-17,19-20H2,1-2H3. The van der Waals surface area contributed by atoms with Crippen LogP contribution in [0.4, 0.5) is 5.00 Å². The Labute approximate surface area is 216 Å². The van der Waals surface area contributed by atoms with Gasteiger partial charge in [0.1, 0.15) is 10.8 Å². The first kappa shape index (κ1) is 24.2. The van der Waals surface area contributed by atoms with Crippen molar-refractivity contribution in [2.75, 3.05) is 19.8 Å². The highest BCUT2D eigenvalue weighted by molar-refractivity contribution is 7.16. The van der Waals surface area contributed by atoms with Crippen LogP contribution in [0, 0.1) is 0 Å². The van der Waals surface area contributed by atoms with Crippen molar-refractivity contribution in [3.8, 4) is 5.75 Å². The van der Waals surface area contributed by atoms with Crippen molar-refractivity contribution >= 4 is 39.3 Å². The number of esters is 1. The molecule has 1 aliphatic rings. The minimum atomic E-state index is -0.290. The number of hydrogen-bond acceptors (Lipinski definition) is 6. The molecule has 5 nitrogen and oxygen atoms in total. The van der Waals surface area contributed by atoms with Crippen molar-refractivity contribution < 1.29 is 14.3 Å². The third-order valence-electron chi connectivity index (χ3n) is 6.39. The third-order valence-corrected chi connectivity index (χ3v) is 7.51. The molecule has 5 rings (SSSR count). The molecule has 0 unspecified atom stereocenters. The molecule has 0 aliphatic carbocycles. The first-order chi connectivity index (χ1) is 17.7. The van der Waals surface area contributed by atoms with Crippen LogP contribution in [-0.4, -0.2) is 36.8 Å². The Balaban J connectivity index is 1.51. The largest absolute Gasteiger partial charge is 0.493 e. The van der Waals surface area contributed by atoms with Crippen LogP contribution >= 0.6 is 11.3 Å². The van der Waals surface area contributed by atoms with Crippen LogP contribution in [0.25, 0.3) is 10.8 Å². The molecule has 4 aromatic rings. The summed E-state index contributed by atoms with van der Waals surface area (Å²) >= 11 is 1.59. The summed E-state index contributed by atoms with van der Waals surface area (Å²) in [6.07, 6.45) is 2.65. The number of benzene rings is 3. The van der Waals surface area contributed by atoms with E-state index >= 15 is 0 Å². The molecule has 2 heterocycles. The maximum atomic E-state index is 13.0. The van der Waals surface area contributed by atoms with Gasteiger partial charge in [-0.1, -0.05) is 60.7 Å². The summed E-state index contributed by atoms with van der Waals surface area (Å²) < 4.78 is 11.4. The van der Waals surface area contributed by atoms with Gasteiger partial charge in [-0.25, -0.2) is 9.79 Å². The molecule has 0 radical (unpaired) electrons. The molecule has 0 fully saturated rings. The molecular weight excluding hydrogens is 468 g/mol. The van der Waals surface area contributed by atoms with Crippen LogP contribution in [0.2, 0.25) is 0 Å². The van der Waals surface area contributed by atoms with E-state index in [-0.39, 0.29) is 5.97 Å². The van der Waals surface area contributed by atoms with Gasteiger partial charge in [-0.05, 0) is 48.2 Å². The van der Waals surface area contributed by atoms with Crippen LogP contribution in [0.15, 0.2) is 71.7 Å². The lowest BCUT2D eigenvalue weighted by molar-refractivity contribution is 0.0526. The molecule has 3 aromatic carbocycles. The van der Waals surface area contributed by atoms with E-state index in [2.05, 4.69) is 47.4 Å². The Morgan fingerprint density at radius 2 is 1.83 bits per heavy atom. The Kier molecular flexibility index (Phi) is 7.44. The number of ether oxygens (including phenoxy) is 2. The highest BCUT2D eigenvalue weighted by Crippen LogP contribution is 2.40. The van der Waals surface area contributed by atoms with E-state index in [1.807, 2.05) is 44.3 Å². The number of hydrogen-bond donors (Lipinski definition) is 0. The summed E-state index contributed by atoms with van der Waals surface area (Å²) in [5, 5.41) is 2.89. The fraction of sp³-hybridized carbons (Fsp3) is 0.267. The van der Waals surface area contributed by atoms with Crippen molar-refractivity contribution in [2.45, 2.75) is 33.4 Å². The predicted octanol–water partition coefficient (Wildman–Crippen LogP) is 6.79. The average Bonchev–Trinajstić information content (AvgIpc) is 3.26. The molecule has 0 atom stereocenters. The number of thiophene rings is 1. The first-order valence-corrected chi connectivity index (χ1v) is 13.3. The summed E-state index contributed by atoms with van der Waals surface area (Å²) in [7, 11) is 0. The molecule has 184 valence electrons. The van der Waals surface area contributed by atoms with Crippen molar-refractivity contribution in [3.05, 3.63) is 93.9 Å². The molecule has 1 aliphatic heterocycles. The molecule has 6 heteroatoms. The van der Waals surface area contributed by atoms with Gasteiger partial charge in [0.2, 0.25) is 0 Å². The second-order valence-electron chi connectivity index (χ2n) is 8.74. The fourth-order valence-corrected chi connectivity index (χ4v) is 5.96. The van der Waals surface area contributed by atoms with Crippen molar-refractivity contribution in [1.82, 2.24) is 4.90 Å². The first-order valence-electron chi connectivity index (χ1n) is 12.4.